The molecule has 1 aliphatic rings. The van der Waals surface area contributed by atoms with Gasteiger partial charge in [0, 0.05) is 38.1 Å². The number of carbonyl (C=O) groups is 1. The first-order valence-electron chi connectivity index (χ1n) is 13.1. The number of methoxy groups -OCH3 is 1. The van der Waals surface area contributed by atoms with Gasteiger partial charge in [-0.25, -0.2) is 0 Å². The molecule has 2 heterocycles. The Hall–Kier alpha value is -3.46. The zero-order valence-corrected chi connectivity index (χ0v) is 22.6. The van der Waals surface area contributed by atoms with Gasteiger partial charge in [-0.2, -0.15) is 4.37 Å². The summed E-state index contributed by atoms with van der Waals surface area (Å²) in [5.74, 6) is 1.92. The normalized spacial score (nSPS) is 13.9. The zero-order chi connectivity index (χ0) is 26.2. The van der Waals surface area contributed by atoms with E-state index >= 15 is 0 Å². The van der Waals surface area contributed by atoms with Crippen molar-refractivity contribution in [1.29, 1.82) is 0 Å². The predicted molar refractivity (Wildman–Crippen MR) is 154 cm³/mol. The van der Waals surface area contributed by atoms with Crippen LogP contribution in [0.25, 0.3) is 21.2 Å². The van der Waals surface area contributed by atoms with E-state index < -0.39 is 0 Å². The van der Waals surface area contributed by atoms with Crippen molar-refractivity contribution in [3.63, 3.8) is 0 Å². The molecule has 0 aliphatic carbocycles. The van der Waals surface area contributed by atoms with Gasteiger partial charge >= 0.3 is 0 Å². The van der Waals surface area contributed by atoms with Crippen LogP contribution in [0, 0.1) is 0 Å². The molecule has 1 aliphatic heterocycles. The molecular formula is C30H34N4O3S. The Bertz CT molecular complexity index is 1320. The van der Waals surface area contributed by atoms with E-state index in [9.17, 15) is 4.79 Å². The molecule has 38 heavy (non-hydrogen) atoms. The van der Waals surface area contributed by atoms with Gasteiger partial charge in [-0.15, -0.1) is 0 Å². The second-order valence-corrected chi connectivity index (χ2v) is 10.2. The number of hydrogen-bond donors (Lipinski definition) is 1. The molecule has 4 aromatic rings. The highest BCUT2D eigenvalue weighted by Gasteiger charge is 2.19. The average molecular weight is 531 g/mol. The fourth-order valence-electron chi connectivity index (χ4n) is 4.64. The van der Waals surface area contributed by atoms with Gasteiger partial charge in [-0.05, 0) is 58.9 Å². The van der Waals surface area contributed by atoms with Crippen LogP contribution < -0.4 is 10.1 Å². The van der Waals surface area contributed by atoms with E-state index in [1.807, 2.05) is 29.2 Å². The van der Waals surface area contributed by atoms with Crippen LogP contribution in [0.1, 0.15) is 12.0 Å². The molecule has 1 fully saturated rings. The van der Waals surface area contributed by atoms with Crippen molar-refractivity contribution in [3.05, 3.63) is 78.4 Å². The summed E-state index contributed by atoms with van der Waals surface area (Å²) in [6, 6.07) is 24.8. The van der Waals surface area contributed by atoms with Gasteiger partial charge in [0.1, 0.15) is 11.6 Å². The topological polar surface area (TPSA) is 66.9 Å². The second-order valence-electron chi connectivity index (χ2n) is 9.44. The van der Waals surface area contributed by atoms with Gasteiger partial charge in [0.2, 0.25) is 5.91 Å². The lowest BCUT2D eigenvalue weighted by atomic mass is 10.0. The molecule has 3 aromatic carbocycles. The molecule has 1 saturated heterocycles. The predicted octanol–water partition coefficient (Wildman–Crippen LogP) is 5.13. The van der Waals surface area contributed by atoms with E-state index in [0.717, 1.165) is 59.7 Å². The first-order chi connectivity index (χ1) is 18.7. The standard InChI is InChI=1S/C30H34N4O3S/c1-36-26-13-11-25(12-14-26)24-9-7-23(8-10-24)21-34(29(35)22-33-17-19-37-20-18-33)16-4-15-31-30-27-5-2-3-6-28(27)38-32-30/h2-3,5-14H,4,15-22H2,1H3,(H,31,32). The monoisotopic (exact) mass is 530 g/mol. The van der Waals surface area contributed by atoms with E-state index in [-0.39, 0.29) is 5.91 Å². The fraction of sp³-hybridized carbons (Fsp3) is 0.333. The van der Waals surface area contributed by atoms with Crippen LogP contribution in [0.4, 0.5) is 5.82 Å². The summed E-state index contributed by atoms with van der Waals surface area (Å²) in [5.41, 5.74) is 3.40. The third-order valence-electron chi connectivity index (χ3n) is 6.84. The highest BCUT2D eigenvalue weighted by Crippen LogP contribution is 2.26. The number of fused-ring (bicyclic) bond motifs is 1. The number of hydrogen-bond acceptors (Lipinski definition) is 7. The van der Waals surface area contributed by atoms with Crippen molar-refractivity contribution in [1.82, 2.24) is 14.2 Å². The minimum absolute atomic E-state index is 0.158. The summed E-state index contributed by atoms with van der Waals surface area (Å²) in [7, 11) is 1.67. The van der Waals surface area contributed by atoms with Gasteiger partial charge in [-0.3, -0.25) is 9.69 Å². The van der Waals surface area contributed by atoms with Crippen LogP contribution >= 0.6 is 11.5 Å². The second kappa shape index (κ2) is 12.9. The lowest BCUT2D eigenvalue weighted by Crippen LogP contribution is -2.45. The van der Waals surface area contributed by atoms with Crippen LogP contribution in [0.15, 0.2) is 72.8 Å². The Kier molecular flexibility index (Phi) is 8.86. The van der Waals surface area contributed by atoms with Crippen molar-refractivity contribution < 1.29 is 14.3 Å². The van der Waals surface area contributed by atoms with Crippen molar-refractivity contribution in [3.8, 4) is 16.9 Å². The Morgan fingerprint density at radius 3 is 2.47 bits per heavy atom. The zero-order valence-electron chi connectivity index (χ0n) is 21.8. The molecule has 0 spiro atoms. The van der Waals surface area contributed by atoms with Crippen molar-refractivity contribution in [2.24, 2.45) is 0 Å². The van der Waals surface area contributed by atoms with Crippen molar-refractivity contribution in [2.75, 3.05) is 58.4 Å². The Balaban J connectivity index is 1.22. The Morgan fingerprint density at radius 2 is 1.74 bits per heavy atom. The van der Waals surface area contributed by atoms with Crippen LogP contribution in [-0.2, 0) is 16.1 Å². The van der Waals surface area contributed by atoms with E-state index in [0.29, 0.717) is 32.8 Å². The van der Waals surface area contributed by atoms with E-state index in [2.05, 4.69) is 63.1 Å². The minimum Gasteiger partial charge on any atom is -0.497 e. The molecule has 1 N–H and O–H groups in total. The molecule has 8 heteroatoms. The summed E-state index contributed by atoms with van der Waals surface area (Å²) in [6.07, 6.45) is 0.838. The molecule has 7 nitrogen and oxygen atoms in total. The number of nitrogens with zero attached hydrogens (tertiary/aromatic N) is 3. The first-order valence-corrected chi connectivity index (χ1v) is 13.9. The van der Waals surface area contributed by atoms with Crippen molar-refractivity contribution >= 4 is 33.3 Å². The van der Waals surface area contributed by atoms with Gasteiger partial charge in [-0.1, -0.05) is 48.5 Å². The largest absolute Gasteiger partial charge is 0.497 e. The van der Waals surface area contributed by atoms with Crippen LogP contribution in [0.3, 0.4) is 0 Å². The average Bonchev–Trinajstić information content (AvgIpc) is 3.38. The fourth-order valence-corrected chi connectivity index (χ4v) is 5.39. The Morgan fingerprint density at radius 1 is 1.03 bits per heavy atom. The molecule has 0 saturated carbocycles. The summed E-state index contributed by atoms with van der Waals surface area (Å²) in [6.45, 7) is 5.42. The summed E-state index contributed by atoms with van der Waals surface area (Å²) in [4.78, 5) is 17.5. The lowest BCUT2D eigenvalue weighted by molar-refractivity contribution is -0.134. The van der Waals surface area contributed by atoms with E-state index in [1.54, 1.807) is 7.11 Å². The van der Waals surface area contributed by atoms with E-state index in [1.165, 1.54) is 16.2 Å². The van der Waals surface area contributed by atoms with Crippen LogP contribution in [-0.4, -0.2) is 73.1 Å². The highest BCUT2D eigenvalue weighted by atomic mass is 32.1. The van der Waals surface area contributed by atoms with E-state index in [4.69, 9.17) is 9.47 Å². The summed E-state index contributed by atoms with van der Waals surface area (Å²) < 4.78 is 16.5. The number of aromatic nitrogens is 1. The quantitative estimate of drug-likeness (QED) is 0.271. The molecule has 198 valence electrons. The molecular weight excluding hydrogens is 496 g/mol. The molecule has 0 bridgehead atoms. The van der Waals surface area contributed by atoms with Gasteiger partial charge in [0.15, 0.2) is 0 Å². The SMILES string of the molecule is COc1ccc(-c2ccc(CN(CCCNc3nsc4ccccc34)C(=O)CN3CCOCC3)cc2)cc1. The maximum atomic E-state index is 13.4. The number of ether oxygens (including phenoxy) is 2. The van der Waals surface area contributed by atoms with Gasteiger partial charge in [0.05, 0.1) is 31.6 Å². The summed E-state index contributed by atoms with van der Waals surface area (Å²) >= 11 is 1.51. The maximum Gasteiger partial charge on any atom is 0.237 e. The third kappa shape index (κ3) is 6.69. The third-order valence-corrected chi connectivity index (χ3v) is 7.67. The Labute approximate surface area is 228 Å². The van der Waals surface area contributed by atoms with Gasteiger partial charge < -0.3 is 19.7 Å². The molecule has 1 aromatic heterocycles. The highest BCUT2D eigenvalue weighted by molar-refractivity contribution is 7.13. The number of carbonyl (C=O) groups excluding carboxylic acids is 1. The van der Waals surface area contributed by atoms with Crippen LogP contribution in [0.5, 0.6) is 5.75 Å². The molecule has 0 unspecified atom stereocenters. The van der Waals surface area contributed by atoms with Crippen LogP contribution in [0.2, 0.25) is 0 Å². The summed E-state index contributed by atoms with van der Waals surface area (Å²) in [5, 5.41) is 4.61. The minimum atomic E-state index is 0.158. The molecule has 0 atom stereocenters. The van der Waals surface area contributed by atoms with Crippen molar-refractivity contribution in [2.45, 2.75) is 13.0 Å². The maximum absolute atomic E-state index is 13.4. The first kappa shape index (κ1) is 26.2. The lowest BCUT2D eigenvalue weighted by Gasteiger charge is -2.30. The number of morpholine rings is 1. The number of anilines is 1. The molecule has 1 amide bonds. The molecule has 0 radical (unpaired) electrons. The number of amides is 1. The molecule has 5 rings (SSSR count). The number of benzene rings is 3. The number of nitrogens with one attached hydrogen (secondary N) is 1. The number of rotatable bonds is 11. The van der Waals surface area contributed by atoms with Gasteiger partial charge in [0.25, 0.3) is 0 Å². The smallest absolute Gasteiger partial charge is 0.237 e.